The molecule has 0 fully saturated rings. The number of anilines is 1. The monoisotopic (exact) mass is 505 g/mol. The van der Waals surface area contributed by atoms with Gasteiger partial charge >= 0.3 is 0 Å². The minimum absolute atomic E-state index is 0.148. The lowest BCUT2D eigenvalue weighted by atomic mass is 10.1. The molecule has 4 rings (SSSR count). The van der Waals surface area contributed by atoms with Crippen molar-refractivity contribution in [3.8, 4) is 0 Å². The minimum atomic E-state index is -0.413. The van der Waals surface area contributed by atoms with E-state index in [0.29, 0.717) is 28.1 Å². The fourth-order valence-electron chi connectivity index (χ4n) is 3.62. The van der Waals surface area contributed by atoms with Crippen molar-refractivity contribution < 1.29 is 9.59 Å². The van der Waals surface area contributed by atoms with Crippen molar-refractivity contribution >= 4 is 51.6 Å². The third kappa shape index (κ3) is 5.90. The molecule has 1 atom stereocenters. The molecule has 2 amide bonds. The van der Waals surface area contributed by atoms with Crippen molar-refractivity contribution in [3.05, 3.63) is 95.8 Å². The lowest BCUT2D eigenvalue weighted by Crippen LogP contribution is -2.28. The Morgan fingerprint density at radius 3 is 2.60 bits per heavy atom. The van der Waals surface area contributed by atoms with E-state index < -0.39 is 6.04 Å². The molecule has 4 aromatic rings. The quantitative estimate of drug-likeness (QED) is 0.232. The number of nitrogens with zero attached hydrogens (tertiary/aromatic N) is 3. The highest BCUT2D eigenvalue weighted by Gasteiger charge is 2.20. The van der Waals surface area contributed by atoms with Crippen molar-refractivity contribution in [1.29, 1.82) is 0 Å². The number of hydrogen-bond donors (Lipinski definition) is 2. The number of thioether (sulfide) groups is 1. The summed E-state index contributed by atoms with van der Waals surface area (Å²) in [4.78, 5) is 25.3. The van der Waals surface area contributed by atoms with E-state index >= 15 is 0 Å². The van der Waals surface area contributed by atoms with Crippen molar-refractivity contribution in [3.63, 3.8) is 0 Å². The minimum Gasteiger partial charge on any atom is -0.342 e. The van der Waals surface area contributed by atoms with Crippen molar-refractivity contribution in [2.45, 2.75) is 24.7 Å². The Morgan fingerprint density at radius 2 is 1.83 bits per heavy atom. The number of fused-ring (bicyclic) bond motifs is 1. The van der Waals surface area contributed by atoms with Gasteiger partial charge in [-0.15, -0.1) is 16.8 Å². The first kappa shape index (κ1) is 24.5. The van der Waals surface area contributed by atoms with E-state index in [1.165, 1.54) is 11.8 Å². The van der Waals surface area contributed by atoms with Crippen molar-refractivity contribution in [2.24, 2.45) is 0 Å². The van der Waals surface area contributed by atoms with E-state index in [1.807, 2.05) is 54.0 Å². The van der Waals surface area contributed by atoms with Crippen LogP contribution in [0.3, 0.4) is 0 Å². The van der Waals surface area contributed by atoms with Crippen LogP contribution in [0, 0.1) is 0 Å². The van der Waals surface area contributed by atoms with Gasteiger partial charge in [-0.1, -0.05) is 65.8 Å². The van der Waals surface area contributed by atoms with E-state index in [4.69, 9.17) is 11.6 Å². The molecule has 0 aliphatic carbocycles. The van der Waals surface area contributed by atoms with Crippen LogP contribution in [0.2, 0.25) is 5.02 Å². The second-order valence-electron chi connectivity index (χ2n) is 7.81. The van der Waals surface area contributed by atoms with Crippen LogP contribution in [-0.4, -0.2) is 32.3 Å². The molecule has 0 aliphatic heterocycles. The molecule has 1 aromatic heterocycles. The molecule has 0 unspecified atom stereocenters. The molecule has 1 heterocycles. The number of rotatable bonds is 9. The van der Waals surface area contributed by atoms with Crippen LogP contribution >= 0.6 is 23.4 Å². The third-order valence-electron chi connectivity index (χ3n) is 5.29. The van der Waals surface area contributed by atoms with E-state index in [0.717, 1.165) is 16.5 Å². The van der Waals surface area contributed by atoms with Gasteiger partial charge in [0.25, 0.3) is 5.91 Å². The number of aromatic nitrogens is 3. The largest absolute Gasteiger partial charge is 0.342 e. The number of nitrogens with one attached hydrogen (secondary N) is 2. The smallest absolute Gasteiger partial charge is 0.251 e. The molecule has 0 radical (unpaired) electrons. The average Bonchev–Trinajstić information content (AvgIpc) is 3.26. The number of amides is 2. The normalized spacial score (nSPS) is 11.7. The molecule has 35 heavy (non-hydrogen) atoms. The number of halogens is 1. The topological polar surface area (TPSA) is 88.9 Å². The summed E-state index contributed by atoms with van der Waals surface area (Å²) < 4.78 is 1.84. The van der Waals surface area contributed by atoms with Gasteiger partial charge in [-0.3, -0.25) is 9.59 Å². The highest BCUT2D eigenvalue weighted by molar-refractivity contribution is 7.99. The van der Waals surface area contributed by atoms with E-state index in [-0.39, 0.29) is 17.6 Å². The maximum absolute atomic E-state index is 12.7. The Hall–Kier alpha value is -3.62. The van der Waals surface area contributed by atoms with Crippen LogP contribution in [0.15, 0.2) is 84.5 Å². The Kier molecular flexibility index (Phi) is 7.84. The van der Waals surface area contributed by atoms with Gasteiger partial charge in [-0.05, 0) is 42.6 Å². The molecule has 0 spiro atoms. The van der Waals surface area contributed by atoms with Gasteiger partial charge < -0.3 is 15.2 Å². The molecular weight excluding hydrogens is 482 g/mol. The number of hydrogen-bond acceptors (Lipinski definition) is 5. The SMILES string of the molecule is C=CCn1c(SCC(=O)Nc2cccc3ccccc23)nnc1[C@H](C)NC(=O)c1ccc(Cl)cc1. The van der Waals surface area contributed by atoms with E-state index in [2.05, 4.69) is 27.4 Å². The molecular formula is C26H24ClN5O2S. The summed E-state index contributed by atoms with van der Waals surface area (Å²) in [6.07, 6.45) is 1.72. The van der Waals surface area contributed by atoms with Gasteiger partial charge in [0.2, 0.25) is 5.91 Å². The maximum atomic E-state index is 12.7. The van der Waals surface area contributed by atoms with Gasteiger partial charge in [0.15, 0.2) is 11.0 Å². The number of benzene rings is 3. The molecule has 0 aliphatic rings. The summed E-state index contributed by atoms with van der Waals surface area (Å²) in [6, 6.07) is 19.9. The van der Waals surface area contributed by atoms with E-state index in [1.54, 1.807) is 30.3 Å². The molecule has 7 nitrogen and oxygen atoms in total. The summed E-state index contributed by atoms with van der Waals surface area (Å²) in [5.41, 5.74) is 1.26. The van der Waals surface area contributed by atoms with Crippen LogP contribution < -0.4 is 10.6 Å². The predicted molar refractivity (Wildman–Crippen MR) is 141 cm³/mol. The standard InChI is InChI=1S/C26H24ClN5O2S/c1-3-15-32-24(17(2)28-25(34)19-11-13-20(27)14-12-19)30-31-26(32)35-16-23(33)29-22-10-6-8-18-7-4-5-9-21(18)22/h3-14,17H,1,15-16H2,2H3,(H,28,34)(H,29,33)/t17-/m0/s1. The zero-order valence-electron chi connectivity index (χ0n) is 19.1. The number of carbonyl (C=O) groups is 2. The number of allylic oxidation sites excluding steroid dienone is 1. The summed E-state index contributed by atoms with van der Waals surface area (Å²) in [5, 5.41) is 17.6. The highest BCUT2D eigenvalue weighted by atomic mass is 35.5. The van der Waals surface area contributed by atoms with E-state index in [9.17, 15) is 9.59 Å². The molecule has 0 saturated carbocycles. The van der Waals surface area contributed by atoms with Crippen molar-refractivity contribution in [2.75, 3.05) is 11.1 Å². The van der Waals surface area contributed by atoms with Gasteiger partial charge in [-0.2, -0.15) is 0 Å². The summed E-state index contributed by atoms with van der Waals surface area (Å²) >= 11 is 7.18. The second-order valence-corrected chi connectivity index (χ2v) is 9.18. The molecule has 3 aromatic carbocycles. The highest BCUT2D eigenvalue weighted by Crippen LogP contribution is 2.25. The van der Waals surface area contributed by atoms with Gasteiger partial charge in [-0.25, -0.2) is 0 Å². The molecule has 2 N–H and O–H groups in total. The first-order chi connectivity index (χ1) is 17.0. The van der Waals surface area contributed by atoms with Crippen LogP contribution in [0.1, 0.15) is 29.1 Å². The van der Waals surface area contributed by atoms with Gasteiger partial charge in [0.1, 0.15) is 0 Å². The molecule has 0 bridgehead atoms. The third-order valence-corrected chi connectivity index (χ3v) is 6.51. The van der Waals surface area contributed by atoms with Crippen LogP contribution in [-0.2, 0) is 11.3 Å². The number of carbonyl (C=O) groups excluding carboxylic acids is 2. The fourth-order valence-corrected chi connectivity index (χ4v) is 4.51. The molecule has 9 heteroatoms. The summed E-state index contributed by atoms with van der Waals surface area (Å²) in [5.74, 6) is 0.338. The summed E-state index contributed by atoms with van der Waals surface area (Å²) in [6.45, 7) is 6.08. The van der Waals surface area contributed by atoms with Crippen molar-refractivity contribution in [1.82, 2.24) is 20.1 Å². The zero-order chi connectivity index (χ0) is 24.8. The zero-order valence-corrected chi connectivity index (χ0v) is 20.6. The first-order valence-electron chi connectivity index (χ1n) is 11.0. The second kappa shape index (κ2) is 11.2. The Morgan fingerprint density at radius 1 is 1.09 bits per heavy atom. The molecule has 0 saturated heterocycles. The Labute approximate surface area is 212 Å². The first-order valence-corrected chi connectivity index (χ1v) is 12.3. The fraction of sp³-hybridized carbons (Fsp3) is 0.154. The lowest BCUT2D eigenvalue weighted by molar-refractivity contribution is -0.113. The van der Waals surface area contributed by atoms with Crippen LogP contribution in [0.25, 0.3) is 10.8 Å². The van der Waals surface area contributed by atoms with Crippen LogP contribution in [0.5, 0.6) is 0 Å². The predicted octanol–water partition coefficient (Wildman–Crippen LogP) is 5.49. The van der Waals surface area contributed by atoms with Gasteiger partial charge in [0.05, 0.1) is 11.8 Å². The average molecular weight is 506 g/mol. The maximum Gasteiger partial charge on any atom is 0.251 e. The van der Waals surface area contributed by atoms with Crippen LogP contribution in [0.4, 0.5) is 5.69 Å². The van der Waals surface area contributed by atoms with Gasteiger partial charge in [0, 0.05) is 28.2 Å². The lowest BCUT2D eigenvalue weighted by Gasteiger charge is -2.15. The molecule has 178 valence electrons. The Bertz CT molecular complexity index is 1360. The summed E-state index contributed by atoms with van der Waals surface area (Å²) in [7, 11) is 0. The Balaban J connectivity index is 1.43.